The Labute approximate surface area is 103 Å². The van der Waals surface area contributed by atoms with Gasteiger partial charge in [0.15, 0.2) is 0 Å². The molecule has 1 aromatic heterocycles. The Morgan fingerprint density at radius 1 is 1.29 bits per heavy atom. The lowest BCUT2D eigenvalue weighted by molar-refractivity contribution is 0.347. The maximum absolute atomic E-state index is 5.27. The minimum absolute atomic E-state index is 0.179. The van der Waals surface area contributed by atoms with Crippen LogP contribution in [-0.2, 0) is 0 Å². The Hall–Kier alpha value is -1.36. The highest BCUT2D eigenvalue weighted by Gasteiger charge is 2.18. The molecule has 5 nitrogen and oxygen atoms in total. The van der Waals surface area contributed by atoms with Gasteiger partial charge in [0.05, 0.1) is 26.5 Å². The highest BCUT2D eigenvalue weighted by molar-refractivity contribution is 5.25. The third-order valence-corrected chi connectivity index (χ3v) is 2.51. The number of ether oxygens (including phenoxy) is 2. The van der Waals surface area contributed by atoms with Crippen molar-refractivity contribution in [3.8, 4) is 11.8 Å². The molecule has 0 bridgehead atoms. The summed E-state index contributed by atoms with van der Waals surface area (Å²) in [6.45, 7) is 5.11. The SMILES string of the molecule is CCCC(NCC)c1ncc(OC)nc1OC. The van der Waals surface area contributed by atoms with Gasteiger partial charge < -0.3 is 14.8 Å². The van der Waals surface area contributed by atoms with Crippen molar-refractivity contribution in [1.82, 2.24) is 15.3 Å². The van der Waals surface area contributed by atoms with Gasteiger partial charge in [0.2, 0.25) is 11.8 Å². The summed E-state index contributed by atoms with van der Waals surface area (Å²) in [4.78, 5) is 8.63. The maximum atomic E-state index is 5.27. The van der Waals surface area contributed by atoms with Gasteiger partial charge in [-0.25, -0.2) is 4.98 Å². The van der Waals surface area contributed by atoms with Crippen LogP contribution in [-0.4, -0.2) is 30.7 Å². The van der Waals surface area contributed by atoms with E-state index < -0.39 is 0 Å². The predicted octanol–water partition coefficient (Wildman–Crippen LogP) is 1.94. The summed E-state index contributed by atoms with van der Waals surface area (Å²) in [6, 6.07) is 0.179. The topological polar surface area (TPSA) is 56.3 Å². The van der Waals surface area contributed by atoms with Gasteiger partial charge in [-0.3, -0.25) is 0 Å². The molecule has 0 aliphatic heterocycles. The van der Waals surface area contributed by atoms with Gasteiger partial charge >= 0.3 is 0 Å². The van der Waals surface area contributed by atoms with E-state index in [0.717, 1.165) is 25.1 Å². The first-order valence-electron chi connectivity index (χ1n) is 5.95. The first-order valence-corrected chi connectivity index (χ1v) is 5.95. The van der Waals surface area contributed by atoms with Gasteiger partial charge in [-0.2, -0.15) is 4.98 Å². The van der Waals surface area contributed by atoms with E-state index in [1.165, 1.54) is 0 Å². The Kier molecular flexibility index (Phi) is 5.69. The Balaban J connectivity index is 2.99. The predicted molar refractivity (Wildman–Crippen MR) is 66.5 cm³/mol. The largest absolute Gasteiger partial charge is 0.480 e. The summed E-state index contributed by atoms with van der Waals surface area (Å²) in [5, 5.41) is 3.39. The number of rotatable bonds is 7. The molecule has 5 heteroatoms. The molecule has 96 valence electrons. The molecule has 0 saturated carbocycles. The van der Waals surface area contributed by atoms with E-state index in [2.05, 4.69) is 29.1 Å². The molecule has 1 rings (SSSR count). The Morgan fingerprint density at radius 3 is 2.59 bits per heavy atom. The van der Waals surface area contributed by atoms with Crippen molar-refractivity contribution < 1.29 is 9.47 Å². The average Bonchev–Trinajstić information content (AvgIpc) is 2.37. The second kappa shape index (κ2) is 7.06. The number of methoxy groups -OCH3 is 2. The summed E-state index contributed by atoms with van der Waals surface area (Å²) in [6.07, 6.45) is 3.71. The second-order valence-corrected chi connectivity index (χ2v) is 3.71. The molecule has 0 saturated heterocycles. The van der Waals surface area contributed by atoms with Crippen molar-refractivity contribution in [1.29, 1.82) is 0 Å². The zero-order chi connectivity index (χ0) is 12.7. The lowest BCUT2D eigenvalue weighted by atomic mass is 10.1. The quantitative estimate of drug-likeness (QED) is 0.788. The Bertz CT molecular complexity index is 339. The summed E-state index contributed by atoms with van der Waals surface area (Å²) >= 11 is 0. The average molecular weight is 239 g/mol. The van der Waals surface area contributed by atoms with Crippen molar-refractivity contribution >= 4 is 0 Å². The molecule has 0 spiro atoms. The van der Waals surface area contributed by atoms with Crippen LogP contribution >= 0.6 is 0 Å². The van der Waals surface area contributed by atoms with Crippen LogP contribution in [0.15, 0.2) is 6.20 Å². The van der Waals surface area contributed by atoms with Gasteiger partial charge in [-0.15, -0.1) is 0 Å². The first kappa shape index (κ1) is 13.7. The third kappa shape index (κ3) is 3.56. The van der Waals surface area contributed by atoms with E-state index in [1.807, 2.05) is 0 Å². The highest BCUT2D eigenvalue weighted by atomic mass is 16.5. The molecule has 17 heavy (non-hydrogen) atoms. The molecule has 1 unspecified atom stereocenters. The van der Waals surface area contributed by atoms with Crippen molar-refractivity contribution in [2.24, 2.45) is 0 Å². The van der Waals surface area contributed by atoms with Crippen LogP contribution in [0.4, 0.5) is 0 Å². The third-order valence-electron chi connectivity index (χ3n) is 2.51. The van der Waals surface area contributed by atoms with Crippen molar-refractivity contribution in [2.75, 3.05) is 20.8 Å². The second-order valence-electron chi connectivity index (χ2n) is 3.71. The van der Waals surface area contributed by atoms with Crippen molar-refractivity contribution in [3.63, 3.8) is 0 Å². The smallest absolute Gasteiger partial charge is 0.240 e. The lowest BCUT2D eigenvalue weighted by Crippen LogP contribution is -2.22. The van der Waals surface area contributed by atoms with Crippen LogP contribution in [0.1, 0.15) is 38.4 Å². The fourth-order valence-electron chi connectivity index (χ4n) is 1.72. The van der Waals surface area contributed by atoms with Gasteiger partial charge in [-0.05, 0) is 13.0 Å². The monoisotopic (exact) mass is 239 g/mol. The highest BCUT2D eigenvalue weighted by Crippen LogP contribution is 2.25. The van der Waals surface area contributed by atoms with Crippen LogP contribution in [0.2, 0.25) is 0 Å². The summed E-state index contributed by atoms with van der Waals surface area (Å²) in [5.41, 5.74) is 0.844. The van der Waals surface area contributed by atoms with Crippen LogP contribution < -0.4 is 14.8 Å². The summed E-state index contributed by atoms with van der Waals surface area (Å²) in [5.74, 6) is 1.00. The molecule has 0 aliphatic carbocycles. The van der Waals surface area contributed by atoms with Gasteiger partial charge in [0.1, 0.15) is 5.69 Å². The fourth-order valence-corrected chi connectivity index (χ4v) is 1.72. The van der Waals surface area contributed by atoms with E-state index in [4.69, 9.17) is 9.47 Å². The number of nitrogens with one attached hydrogen (secondary N) is 1. The standard InChI is InChI=1S/C12H21N3O2/c1-5-7-9(13-6-2)11-12(17-4)15-10(16-3)8-14-11/h8-9,13H,5-7H2,1-4H3. The molecule has 0 radical (unpaired) electrons. The molecule has 0 fully saturated rings. The van der Waals surface area contributed by atoms with E-state index in [9.17, 15) is 0 Å². The first-order chi connectivity index (χ1) is 8.26. The number of hydrogen-bond acceptors (Lipinski definition) is 5. The van der Waals surface area contributed by atoms with E-state index in [1.54, 1.807) is 20.4 Å². The zero-order valence-electron chi connectivity index (χ0n) is 11.0. The minimum atomic E-state index is 0.179. The van der Waals surface area contributed by atoms with Crippen molar-refractivity contribution in [2.45, 2.75) is 32.7 Å². The molecular formula is C12H21N3O2. The molecule has 0 amide bonds. The maximum Gasteiger partial charge on any atom is 0.240 e. The minimum Gasteiger partial charge on any atom is -0.480 e. The normalized spacial score (nSPS) is 12.2. The van der Waals surface area contributed by atoms with E-state index in [-0.39, 0.29) is 6.04 Å². The molecule has 1 atom stereocenters. The molecule has 1 N–H and O–H groups in total. The lowest BCUT2D eigenvalue weighted by Gasteiger charge is -2.18. The number of nitrogens with zero attached hydrogens (tertiary/aromatic N) is 2. The number of hydrogen-bond donors (Lipinski definition) is 1. The number of aromatic nitrogens is 2. The summed E-state index contributed by atoms with van der Waals surface area (Å²) < 4.78 is 10.3. The molecule has 0 aromatic carbocycles. The zero-order valence-corrected chi connectivity index (χ0v) is 11.0. The molecule has 0 aliphatic rings. The van der Waals surface area contributed by atoms with Crippen LogP contribution in [0.25, 0.3) is 0 Å². The van der Waals surface area contributed by atoms with Gasteiger partial charge in [0.25, 0.3) is 0 Å². The summed E-state index contributed by atoms with van der Waals surface area (Å²) in [7, 11) is 3.17. The van der Waals surface area contributed by atoms with Crippen molar-refractivity contribution in [3.05, 3.63) is 11.9 Å². The fraction of sp³-hybridized carbons (Fsp3) is 0.667. The van der Waals surface area contributed by atoms with E-state index in [0.29, 0.717) is 11.8 Å². The van der Waals surface area contributed by atoms with Crippen LogP contribution in [0, 0.1) is 0 Å². The van der Waals surface area contributed by atoms with Crippen LogP contribution in [0.5, 0.6) is 11.8 Å². The van der Waals surface area contributed by atoms with E-state index >= 15 is 0 Å². The van der Waals surface area contributed by atoms with Crippen LogP contribution in [0.3, 0.4) is 0 Å². The molecule has 1 heterocycles. The molecule has 1 aromatic rings. The molecular weight excluding hydrogens is 218 g/mol. The van der Waals surface area contributed by atoms with Gasteiger partial charge in [0, 0.05) is 0 Å². The van der Waals surface area contributed by atoms with Gasteiger partial charge in [-0.1, -0.05) is 20.3 Å². The Morgan fingerprint density at radius 2 is 2.06 bits per heavy atom.